The van der Waals surface area contributed by atoms with Gasteiger partial charge >= 0.3 is 11.2 Å². The molecule has 0 fully saturated rings. The van der Waals surface area contributed by atoms with Crippen LogP contribution in [0.15, 0.2) is 12.7 Å². The maximum atomic E-state index is 12.3. The van der Waals surface area contributed by atoms with E-state index in [9.17, 15) is 17.8 Å². The van der Waals surface area contributed by atoms with Crippen LogP contribution in [0.2, 0.25) is 0 Å². The summed E-state index contributed by atoms with van der Waals surface area (Å²) in [5.41, 5.74) is 0. The minimum atomic E-state index is -3.92. The summed E-state index contributed by atoms with van der Waals surface area (Å²) in [6.07, 6.45) is 0.963. The van der Waals surface area contributed by atoms with Crippen molar-refractivity contribution in [2.45, 2.75) is 11.7 Å². The summed E-state index contributed by atoms with van der Waals surface area (Å²) in [7, 11) is 0. The van der Waals surface area contributed by atoms with Gasteiger partial charge in [0.1, 0.15) is 0 Å². The number of carbonyl (C=O) groups excluding carboxylic acids is 1. The lowest BCUT2D eigenvalue weighted by Gasteiger charge is -2.11. The van der Waals surface area contributed by atoms with Crippen LogP contribution >= 0.6 is 0 Å². The third-order valence-corrected chi connectivity index (χ3v) is 1.60. The maximum absolute atomic E-state index is 12.3. The van der Waals surface area contributed by atoms with E-state index in [0.717, 1.165) is 0 Å². The highest BCUT2D eigenvalue weighted by atomic mass is 32.2. The average molecular weight is 214 g/mol. The lowest BCUT2D eigenvalue weighted by atomic mass is 10.4. The zero-order valence-electron chi connectivity index (χ0n) is 6.53. The fraction of sp³-hybridized carbons (Fsp3) is 0.500. The van der Waals surface area contributed by atoms with Crippen LogP contribution in [0.3, 0.4) is 0 Å². The van der Waals surface area contributed by atoms with Gasteiger partial charge in [0, 0.05) is 0 Å². The van der Waals surface area contributed by atoms with E-state index in [2.05, 4.69) is 11.3 Å². The lowest BCUT2D eigenvalue weighted by Crippen LogP contribution is -2.30. The van der Waals surface area contributed by atoms with Crippen LogP contribution in [-0.4, -0.2) is 26.6 Å². The summed E-state index contributed by atoms with van der Waals surface area (Å²) >= 11 is -3.33. The Bertz CT molecular complexity index is 229. The van der Waals surface area contributed by atoms with Gasteiger partial charge in [-0.25, -0.2) is 4.21 Å². The maximum Gasteiger partial charge on any atom is 0.378 e. The Hall–Kier alpha value is -0.820. The number of hydrogen-bond donors (Lipinski definition) is 1. The Morgan fingerprint density at radius 3 is 2.62 bits per heavy atom. The smallest absolute Gasteiger partial charge is 0.378 e. The summed E-state index contributed by atoms with van der Waals surface area (Å²) in [5.74, 6) is -0.917. The standard InChI is InChI=1S/C6H8F2O4S/c1-2-3-5(9)12-4-6(7,8)13(10)11/h2H,1,3-4H2,(H,10,11). The SMILES string of the molecule is C=CCC(=O)OCC(F)(F)S(=O)O. The van der Waals surface area contributed by atoms with Crippen LogP contribution < -0.4 is 0 Å². The largest absolute Gasteiger partial charge is 0.458 e. The highest BCUT2D eigenvalue weighted by Crippen LogP contribution is 2.17. The molecule has 7 heteroatoms. The molecule has 13 heavy (non-hydrogen) atoms. The molecule has 0 spiro atoms. The molecule has 1 unspecified atom stereocenters. The first kappa shape index (κ1) is 12.2. The lowest BCUT2D eigenvalue weighted by molar-refractivity contribution is -0.148. The zero-order valence-corrected chi connectivity index (χ0v) is 7.35. The molecule has 0 aromatic carbocycles. The summed E-state index contributed by atoms with van der Waals surface area (Å²) < 4.78 is 46.6. The minimum absolute atomic E-state index is 0.214. The quantitative estimate of drug-likeness (QED) is 0.420. The van der Waals surface area contributed by atoms with Crippen LogP contribution in [0, 0.1) is 0 Å². The first-order valence-corrected chi connectivity index (χ1v) is 4.26. The van der Waals surface area contributed by atoms with Crippen molar-refractivity contribution >= 4 is 17.0 Å². The van der Waals surface area contributed by atoms with Gasteiger partial charge in [0.05, 0.1) is 6.42 Å². The van der Waals surface area contributed by atoms with Gasteiger partial charge in [-0.2, -0.15) is 8.78 Å². The number of hydrogen-bond acceptors (Lipinski definition) is 3. The highest BCUT2D eigenvalue weighted by Gasteiger charge is 2.38. The molecule has 76 valence electrons. The fourth-order valence-electron chi connectivity index (χ4n) is 0.392. The predicted molar refractivity (Wildman–Crippen MR) is 41.5 cm³/mol. The number of esters is 1. The molecule has 4 nitrogen and oxygen atoms in total. The van der Waals surface area contributed by atoms with Crippen LogP contribution in [0.25, 0.3) is 0 Å². The van der Waals surface area contributed by atoms with E-state index in [4.69, 9.17) is 4.55 Å². The van der Waals surface area contributed by atoms with Gasteiger partial charge in [0.15, 0.2) is 6.61 Å². The van der Waals surface area contributed by atoms with Crippen molar-refractivity contribution in [3.05, 3.63) is 12.7 Å². The molecule has 0 saturated carbocycles. The Morgan fingerprint density at radius 2 is 2.23 bits per heavy atom. The number of alkyl halides is 2. The summed E-state index contributed by atoms with van der Waals surface area (Å²) in [4.78, 5) is 10.5. The molecule has 0 aromatic rings. The molecular formula is C6H8F2O4S. The normalized spacial score (nSPS) is 13.5. The van der Waals surface area contributed by atoms with E-state index in [-0.39, 0.29) is 6.42 Å². The molecule has 0 amide bonds. The first-order chi connectivity index (χ1) is 5.90. The van der Waals surface area contributed by atoms with Crippen molar-refractivity contribution in [2.24, 2.45) is 0 Å². The molecule has 0 aliphatic rings. The highest BCUT2D eigenvalue weighted by molar-refractivity contribution is 7.80. The number of halogens is 2. The minimum Gasteiger partial charge on any atom is -0.458 e. The Labute approximate surface area is 75.9 Å². The van der Waals surface area contributed by atoms with Gasteiger partial charge in [-0.15, -0.1) is 6.58 Å². The molecular weight excluding hydrogens is 206 g/mol. The van der Waals surface area contributed by atoms with Crippen molar-refractivity contribution in [3.8, 4) is 0 Å². The number of carbonyl (C=O) groups is 1. The number of ether oxygens (including phenoxy) is 1. The molecule has 1 atom stereocenters. The van der Waals surface area contributed by atoms with Gasteiger partial charge in [0.2, 0.25) is 11.1 Å². The van der Waals surface area contributed by atoms with E-state index >= 15 is 0 Å². The van der Waals surface area contributed by atoms with Crippen LogP contribution in [-0.2, 0) is 20.6 Å². The Balaban J connectivity index is 3.94. The van der Waals surface area contributed by atoms with E-state index in [1.54, 1.807) is 0 Å². The first-order valence-electron chi connectivity index (χ1n) is 3.15. The van der Waals surface area contributed by atoms with E-state index in [1.807, 2.05) is 0 Å². The van der Waals surface area contributed by atoms with Gasteiger partial charge in [-0.1, -0.05) is 6.08 Å². The molecule has 0 rings (SSSR count). The van der Waals surface area contributed by atoms with Gasteiger partial charge in [-0.05, 0) is 0 Å². The van der Waals surface area contributed by atoms with E-state index in [0.29, 0.717) is 0 Å². The molecule has 0 aliphatic heterocycles. The second kappa shape index (κ2) is 5.03. The fourth-order valence-corrected chi connectivity index (χ4v) is 0.551. The molecule has 1 N–H and O–H groups in total. The molecule has 0 bridgehead atoms. The number of rotatable bonds is 5. The molecule has 0 saturated heterocycles. The summed E-state index contributed by atoms with van der Waals surface area (Å²) in [6, 6.07) is 0. The third-order valence-electron chi connectivity index (χ3n) is 0.968. The van der Waals surface area contributed by atoms with Crippen molar-refractivity contribution < 1.29 is 27.1 Å². The van der Waals surface area contributed by atoms with E-state index < -0.39 is 28.9 Å². The van der Waals surface area contributed by atoms with Crippen LogP contribution in [0.5, 0.6) is 0 Å². The molecule has 0 heterocycles. The predicted octanol–water partition coefficient (Wildman–Crippen LogP) is 0.920. The second-order valence-electron chi connectivity index (χ2n) is 2.04. The Morgan fingerprint density at radius 1 is 1.69 bits per heavy atom. The molecule has 0 aliphatic carbocycles. The van der Waals surface area contributed by atoms with E-state index in [1.165, 1.54) is 6.08 Å². The van der Waals surface area contributed by atoms with Crippen LogP contribution in [0.4, 0.5) is 8.78 Å². The van der Waals surface area contributed by atoms with Gasteiger partial charge in [0.25, 0.3) is 0 Å². The molecule has 0 aromatic heterocycles. The topological polar surface area (TPSA) is 63.6 Å². The van der Waals surface area contributed by atoms with Gasteiger partial charge < -0.3 is 9.29 Å². The van der Waals surface area contributed by atoms with Gasteiger partial charge in [-0.3, -0.25) is 4.79 Å². The Kier molecular flexibility index (Phi) is 4.71. The van der Waals surface area contributed by atoms with Crippen molar-refractivity contribution in [3.63, 3.8) is 0 Å². The van der Waals surface area contributed by atoms with Crippen molar-refractivity contribution in [2.75, 3.05) is 6.61 Å². The van der Waals surface area contributed by atoms with Crippen molar-refractivity contribution in [1.82, 2.24) is 0 Å². The second-order valence-corrected chi connectivity index (χ2v) is 3.14. The molecule has 0 radical (unpaired) electrons. The zero-order chi connectivity index (χ0) is 10.5. The van der Waals surface area contributed by atoms with Crippen LogP contribution in [0.1, 0.15) is 6.42 Å². The average Bonchev–Trinajstić information content (AvgIpc) is 2.01. The summed E-state index contributed by atoms with van der Waals surface area (Å²) in [6.45, 7) is 1.78. The monoisotopic (exact) mass is 214 g/mol. The van der Waals surface area contributed by atoms with Crippen molar-refractivity contribution in [1.29, 1.82) is 0 Å². The third kappa shape index (κ3) is 4.69. The summed E-state index contributed by atoms with van der Waals surface area (Å²) in [5, 5.41) is -3.92.